The largest absolute Gasteiger partial charge is 0.496 e. The molecule has 1 heterocycles. The third-order valence-corrected chi connectivity index (χ3v) is 12.0. The summed E-state index contributed by atoms with van der Waals surface area (Å²) in [5.74, 6) is 0.509. The maximum Gasteiger partial charge on any atom is 0.293 e. The number of hydrogen-bond donors (Lipinski definition) is 2. The standard InChI is InChI=1S/C40H50N6O6S2/c1-43(2)21-8-9-33(29-53-34-10-6-5-7-11-34)41-37-19-17-35(28-38(37)46(48)49)54(50,51)42-40(47)32-15-13-31(14-16-32)36-18-12-30(27-39(36)52-4)20-22-45-25-23-44(3)24-26-45/h5-7,10-19,27-28,33,41H,8-9,20-26,29H2,1-4H3,(H,42,47)/t33-/m1/s1. The fourth-order valence-corrected chi connectivity index (χ4v) is 8.25. The summed E-state index contributed by atoms with van der Waals surface area (Å²) in [5, 5.41) is 15.5. The lowest BCUT2D eigenvalue weighted by atomic mass is 10.00. The van der Waals surface area contributed by atoms with E-state index in [4.69, 9.17) is 4.74 Å². The molecule has 0 bridgehead atoms. The summed E-state index contributed by atoms with van der Waals surface area (Å²) in [7, 11) is 3.31. The molecule has 0 aromatic heterocycles. The number of ether oxygens (including phenoxy) is 1. The van der Waals surface area contributed by atoms with E-state index >= 15 is 0 Å². The van der Waals surface area contributed by atoms with Gasteiger partial charge in [0.1, 0.15) is 11.4 Å². The first kappa shape index (κ1) is 40.7. The number of amides is 1. The van der Waals surface area contributed by atoms with Crippen molar-refractivity contribution in [2.45, 2.75) is 35.1 Å². The van der Waals surface area contributed by atoms with Crippen molar-refractivity contribution in [2.24, 2.45) is 0 Å². The van der Waals surface area contributed by atoms with Gasteiger partial charge in [-0.2, -0.15) is 0 Å². The van der Waals surface area contributed by atoms with Gasteiger partial charge in [0.15, 0.2) is 0 Å². The molecule has 1 aliphatic heterocycles. The molecule has 288 valence electrons. The molecule has 0 spiro atoms. The monoisotopic (exact) mass is 774 g/mol. The van der Waals surface area contributed by atoms with Gasteiger partial charge in [-0.1, -0.05) is 42.5 Å². The number of sulfonamides is 1. The fourth-order valence-electron chi connectivity index (χ4n) is 6.27. The average Bonchev–Trinajstić information content (AvgIpc) is 3.16. The van der Waals surface area contributed by atoms with E-state index in [1.165, 1.54) is 17.7 Å². The van der Waals surface area contributed by atoms with Crippen LogP contribution in [0.3, 0.4) is 0 Å². The summed E-state index contributed by atoms with van der Waals surface area (Å²) in [4.78, 5) is 32.3. The van der Waals surface area contributed by atoms with Gasteiger partial charge in [-0.3, -0.25) is 14.9 Å². The maximum absolute atomic E-state index is 13.4. The van der Waals surface area contributed by atoms with Gasteiger partial charge in [0.25, 0.3) is 21.6 Å². The topological polar surface area (TPSA) is 137 Å². The minimum atomic E-state index is -4.44. The first-order valence-electron chi connectivity index (χ1n) is 18.0. The molecule has 54 heavy (non-hydrogen) atoms. The second-order valence-corrected chi connectivity index (χ2v) is 16.6. The Morgan fingerprint density at radius 3 is 2.37 bits per heavy atom. The Bertz CT molecular complexity index is 1970. The van der Waals surface area contributed by atoms with Gasteiger partial charge in [0.2, 0.25) is 0 Å². The number of likely N-dealkylation sites (N-methyl/N-ethyl adjacent to an activating group) is 1. The molecule has 12 nitrogen and oxygen atoms in total. The summed E-state index contributed by atoms with van der Waals surface area (Å²) in [6, 6.07) is 26.1. The van der Waals surface area contributed by atoms with Gasteiger partial charge in [-0.15, -0.1) is 11.8 Å². The van der Waals surface area contributed by atoms with E-state index in [0.717, 1.165) is 80.6 Å². The van der Waals surface area contributed by atoms with Crippen LogP contribution in [0.2, 0.25) is 0 Å². The van der Waals surface area contributed by atoms with Crippen LogP contribution in [0.5, 0.6) is 5.75 Å². The zero-order chi connectivity index (χ0) is 38.7. The Kier molecular flexibility index (Phi) is 14.5. The third kappa shape index (κ3) is 11.5. The molecule has 14 heteroatoms. The van der Waals surface area contributed by atoms with Crippen molar-refractivity contribution in [3.63, 3.8) is 0 Å². The fraction of sp³-hybridized carbons (Fsp3) is 0.375. The molecule has 4 aromatic carbocycles. The molecular weight excluding hydrogens is 725 g/mol. The van der Waals surface area contributed by atoms with Crippen molar-refractivity contribution >= 4 is 39.1 Å². The summed E-state index contributed by atoms with van der Waals surface area (Å²) >= 11 is 1.64. The van der Waals surface area contributed by atoms with E-state index < -0.39 is 26.5 Å². The number of carbonyl (C=O) groups is 1. The minimum Gasteiger partial charge on any atom is -0.496 e. The molecule has 0 saturated carbocycles. The lowest BCUT2D eigenvalue weighted by Gasteiger charge is -2.32. The molecule has 1 fully saturated rings. The summed E-state index contributed by atoms with van der Waals surface area (Å²) < 4.78 is 34.5. The van der Waals surface area contributed by atoms with E-state index in [2.05, 4.69) is 37.9 Å². The Hall–Kier alpha value is -4.47. The quantitative estimate of drug-likeness (QED) is 0.0690. The molecule has 0 unspecified atom stereocenters. The van der Waals surface area contributed by atoms with Gasteiger partial charge in [0.05, 0.1) is 16.9 Å². The SMILES string of the molecule is COc1cc(CCN2CCN(C)CC2)ccc1-c1ccc(C(=O)NS(=O)(=O)c2ccc(N[C@H](CCCN(C)C)CSc3ccccc3)c([N+](=O)[O-])c2)cc1. The van der Waals surface area contributed by atoms with Crippen LogP contribution in [0.25, 0.3) is 11.1 Å². The van der Waals surface area contributed by atoms with E-state index in [1.807, 2.05) is 56.6 Å². The van der Waals surface area contributed by atoms with Crippen LogP contribution in [-0.4, -0.2) is 113 Å². The molecule has 1 saturated heterocycles. The number of benzene rings is 4. The number of thioether (sulfide) groups is 1. The number of piperazine rings is 1. The number of anilines is 1. The Morgan fingerprint density at radius 1 is 0.981 bits per heavy atom. The van der Waals surface area contributed by atoms with E-state index in [-0.39, 0.29) is 22.2 Å². The second kappa shape index (κ2) is 19.2. The molecule has 5 rings (SSSR count). The van der Waals surface area contributed by atoms with E-state index in [0.29, 0.717) is 11.5 Å². The van der Waals surface area contributed by atoms with Crippen LogP contribution in [-0.2, 0) is 16.4 Å². The molecular formula is C40H50N6O6S2. The highest BCUT2D eigenvalue weighted by molar-refractivity contribution is 7.99. The number of nitro benzene ring substituents is 1. The Labute approximate surface area is 323 Å². The maximum atomic E-state index is 13.4. The molecule has 0 radical (unpaired) electrons. The molecule has 1 aliphatic rings. The van der Waals surface area contributed by atoms with Crippen LogP contribution in [0.4, 0.5) is 11.4 Å². The van der Waals surface area contributed by atoms with E-state index in [1.54, 1.807) is 43.1 Å². The number of nitrogens with one attached hydrogen (secondary N) is 2. The molecule has 0 aliphatic carbocycles. The van der Waals surface area contributed by atoms with Crippen molar-refractivity contribution in [2.75, 3.05) is 78.6 Å². The van der Waals surface area contributed by atoms with Crippen LogP contribution >= 0.6 is 11.8 Å². The van der Waals surface area contributed by atoms with E-state index in [9.17, 15) is 23.3 Å². The number of hydrogen-bond acceptors (Lipinski definition) is 11. The molecule has 2 N–H and O–H groups in total. The minimum absolute atomic E-state index is 0.120. The van der Waals surface area contributed by atoms with Crippen molar-refractivity contribution < 1.29 is 22.9 Å². The summed E-state index contributed by atoms with van der Waals surface area (Å²) in [6.45, 7) is 6.10. The summed E-state index contributed by atoms with van der Waals surface area (Å²) in [5.41, 5.74) is 2.76. The molecule has 1 amide bonds. The number of nitro groups is 1. The highest BCUT2D eigenvalue weighted by Gasteiger charge is 2.25. The van der Waals surface area contributed by atoms with Gasteiger partial charge in [-0.05, 0) is 101 Å². The van der Waals surface area contributed by atoms with Gasteiger partial charge in [-0.25, -0.2) is 13.1 Å². The van der Waals surface area contributed by atoms with Crippen LogP contribution in [0.15, 0.2) is 101 Å². The number of rotatable bonds is 18. The normalized spacial score (nSPS) is 14.5. The predicted octanol–water partition coefficient (Wildman–Crippen LogP) is 6.09. The first-order valence-corrected chi connectivity index (χ1v) is 20.5. The van der Waals surface area contributed by atoms with Crippen molar-refractivity contribution in [1.82, 2.24) is 19.4 Å². The average molecular weight is 775 g/mol. The first-order chi connectivity index (χ1) is 25.9. The summed E-state index contributed by atoms with van der Waals surface area (Å²) in [6.07, 6.45) is 2.52. The zero-order valence-corrected chi connectivity index (χ0v) is 33.0. The molecule has 4 aromatic rings. The third-order valence-electron chi connectivity index (χ3n) is 9.45. The highest BCUT2D eigenvalue weighted by atomic mass is 32.2. The predicted molar refractivity (Wildman–Crippen MR) is 216 cm³/mol. The lowest BCUT2D eigenvalue weighted by Crippen LogP contribution is -2.45. The van der Waals surface area contributed by atoms with Crippen LogP contribution in [0, 0.1) is 10.1 Å². The highest BCUT2D eigenvalue weighted by Crippen LogP contribution is 2.33. The second-order valence-electron chi connectivity index (χ2n) is 13.8. The smallest absolute Gasteiger partial charge is 0.293 e. The lowest BCUT2D eigenvalue weighted by molar-refractivity contribution is -0.384. The van der Waals surface area contributed by atoms with Gasteiger partial charge >= 0.3 is 0 Å². The van der Waals surface area contributed by atoms with Crippen molar-refractivity contribution in [3.8, 4) is 16.9 Å². The number of nitrogens with zero attached hydrogens (tertiary/aromatic N) is 4. The Morgan fingerprint density at radius 2 is 1.70 bits per heavy atom. The van der Waals surface area contributed by atoms with Crippen LogP contribution in [0.1, 0.15) is 28.8 Å². The number of methoxy groups -OCH3 is 1. The van der Waals surface area contributed by atoms with Crippen LogP contribution < -0.4 is 14.8 Å². The van der Waals surface area contributed by atoms with Crippen molar-refractivity contribution in [1.29, 1.82) is 0 Å². The zero-order valence-electron chi connectivity index (χ0n) is 31.4. The number of carbonyl (C=O) groups excluding carboxylic acids is 1. The van der Waals surface area contributed by atoms with Gasteiger partial charge < -0.3 is 24.8 Å². The molecule has 1 atom stereocenters. The van der Waals surface area contributed by atoms with Crippen molar-refractivity contribution in [3.05, 3.63) is 112 Å². The Balaban J connectivity index is 1.25. The van der Waals surface area contributed by atoms with Gasteiger partial charge in [0, 0.05) is 66.6 Å².